The monoisotopic (exact) mass is 389 g/mol. The summed E-state index contributed by atoms with van der Waals surface area (Å²) in [6.45, 7) is 1.16. The third kappa shape index (κ3) is 3.71. The number of hydrogen-bond acceptors (Lipinski definition) is 6. The van der Waals surface area contributed by atoms with Crippen molar-refractivity contribution >= 4 is 28.8 Å². The molecular formula is C17H16ClN5O2S. The number of carbonyl (C=O) groups is 1. The highest BCUT2D eigenvalue weighted by atomic mass is 35.5. The van der Waals surface area contributed by atoms with Crippen molar-refractivity contribution < 1.29 is 9.53 Å². The maximum absolute atomic E-state index is 12.8. The summed E-state index contributed by atoms with van der Waals surface area (Å²) in [6, 6.07) is 6.02. The molecule has 1 fully saturated rings. The first-order valence-corrected chi connectivity index (χ1v) is 9.47. The molecule has 4 rings (SSSR count). The minimum Gasteiger partial charge on any atom is -0.458 e. The van der Waals surface area contributed by atoms with Crippen LogP contribution in [0.3, 0.4) is 0 Å². The molecule has 7 nitrogen and oxygen atoms in total. The second-order valence-corrected chi connectivity index (χ2v) is 7.35. The molecule has 1 saturated heterocycles. The van der Waals surface area contributed by atoms with Crippen molar-refractivity contribution in [2.24, 2.45) is 0 Å². The first-order chi connectivity index (χ1) is 12.7. The molecule has 0 saturated carbocycles. The van der Waals surface area contributed by atoms with E-state index in [0.29, 0.717) is 23.8 Å². The lowest BCUT2D eigenvalue weighted by Gasteiger charge is -2.31. The van der Waals surface area contributed by atoms with E-state index < -0.39 is 0 Å². The van der Waals surface area contributed by atoms with Crippen LogP contribution in [-0.2, 0) is 0 Å². The summed E-state index contributed by atoms with van der Waals surface area (Å²) < 4.78 is 5.79. The number of ether oxygens (including phenoxy) is 1. The van der Waals surface area contributed by atoms with Crippen LogP contribution >= 0.6 is 22.9 Å². The number of hydrogen-bond donors (Lipinski definition) is 1. The molecule has 3 aromatic rings. The van der Waals surface area contributed by atoms with Gasteiger partial charge in [-0.2, -0.15) is 5.10 Å². The second-order valence-electron chi connectivity index (χ2n) is 5.96. The summed E-state index contributed by atoms with van der Waals surface area (Å²) >= 11 is 7.38. The predicted molar refractivity (Wildman–Crippen MR) is 98.5 cm³/mol. The Kier molecular flexibility index (Phi) is 4.85. The summed E-state index contributed by atoms with van der Waals surface area (Å²) in [7, 11) is 0. The van der Waals surface area contributed by atoms with Crippen LogP contribution < -0.4 is 4.74 Å². The SMILES string of the molecule is O=C(c1cc(-c2cccs2)[nH]n1)N1CCCC(Oc2ncc(Cl)cn2)C1. The van der Waals surface area contributed by atoms with Gasteiger partial charge in [0.2, 0.25) is 0 Å². The van der Waals surface area contributed by atoms with Gasteiger partial charge < -0.3 is 9.64 Å². The third-order valence-corrected chi connectivity index (χ3v) is 5.22. The van der Waals surface area contributed by atoms with Gasteiger partial charge >= 0.3 is 6.01 Å². The normalized spacial score (nSPS) is 17.3. The molecule has 0 aliphatic carbocycles. The maximum Gasteiger partial charge on any atom is 0.316 e. The number of halogens is 1. The molecule has 1 atom stereocenters. The van der Waals surface area contributed by atoms with E-state index in [9.17, 15) is 4.79 Å². The van der Waals surface area contributed by atoms with Crippen LogP contribution in [-0.4, -0.2) is 50.2 Å². The molecule has 0 radical (unpaired) electrons. The van der Waals surface area contributed by atoms with Gasteiger partial charge in [0.25, 0.3) is 5.91 Å². The largest absolute Gasteiger partial charge is 0.458 e. The number of likely N-dealkylation sites (tertiary alicyclic amines) is 1. The minimum atomic E-state index is -0.149. The standard InChI is InChI=1S/C17H16ClN5O2S/c18-11-8-19-17(20-9-11)25-12-3-1-5-23(10-12)16(24)14-7-13(21-22-14)15-4-2-6-26-15/h2,4,6-9,12H,1,3,5,10H2,(H,21,22). The van der Waals surface area contributed by atoms with Crippen LogP contribution in [0.5, 0.6) is 6.01 Å². The van der Waals surface area contributed by atoms with E-state index in [0.717, 1.165) is 23.4 Å². The number of nitrogens with one attached hydrogen (secondary N) is 1. The van der Waals surface area contributed by atoms with E-state index in [1.807, 2.05) is 17.5 Å². The van der Waals surface area contributed by atoms with Gasteiger partial charge in [-0.1, -0.05) is 17.7 Å². The van der Waals surface area contributed by atoms with Gasteiger partial charge in [-0.15, -0.1) is 11.3 Å². The topological polar surface area (TPSA) is 84.0 Å². The van der Waals surface area contributed by atoms with Crippen molar-refractivity contribution in [2.75, 3.05) is 13.1 Å². The summed E-state index contributed by atoms with van der Waals surface area (Å²) in [5.74, 6) is -0.102. The van der Waals surface area contributed by atoms with Gasteiger partial charge in [-0.25, -0.2) is 9.97 Å². The Hall–Kier alpha value is -2.45. The Bertz CT molecular complexity index is 881. The number of piperidine rings is 1. The van der Waals surface area contributed by atoms with E-state index in [2.05, 4.69) is 20.2 Å². The van der Waals surface area contributed by atoms with Gasteiger partial charge in [0.15, 0.2) is 5.69 Å². The fourth-order valence-corrected chi connectivity index (χ4v) is 3.67. The van der Waals surface area contributed by atoms with Crippen molar-refractivity contribution in [3.05, 3.63) is 46.7 Å². The van der Waals surface area contributed by atoms with E-state index in [-0.39, 0.29) is 18.0 Å². The Morgan fingerprint density at radius 2 is 2.23 bits per heavy atom. The lowest BCUT2D eigenvalue weighted by molar-refractivity contribution is 0.0510. The van der Waals surface area contributed by atoms with Crippen LogP contribution in [0.25, 0.3) is 10.6 Å². The zero-order chi connectivity index (χ0) is 17.9. The maximum atomic E-state index is 12.8. The zero-order valence-corrected chi connectivity index (χ0v) is 15.3. The van der Waals surface area contributed by atoms with Crippen molar-refractivity contribution in [1.29, 1.82) is 0 Å². The number of thiophene rings is 1. The summed E-state index contributed by atoms with van der Waals surface area (Å²) in [4.78, 5) is 23.7. The quantitative estimate of drug-likeness (QED) is 0.740. The van der Waals surface area contributed by atoms with Gasteiger partial charge in [-0.05, 0) is 30.4 Å². The number of carbonyl (C=O) groups excluding carboxylic acids is 1. The van der Waals surface area contributed by atoms with Crippen molar-refractivity contribution in [3.63, 3.8) is 0 Å². The molecule has 0 bridgehead atoms. The van der Waals surface area contributed by atoms with Gasteiger partial charge in [0.05, 0.1) is 34.5 Å². The lowest BCUT2D eigenvalue weighted by atomic mass is 10.1. The van der Waals surface area contributed by atoms with Gasteiger partial charge in [0.1, 0.15) is 6.10 Å². The number of rotatable bonds is 4. The van der Waals surface area contributed by atoms with E-state index in [1.54, 1.807) is 22.3 Å². The summed E-state index contributed by atoms with van der Waals surface area (Å²) in [6.07, 6.45) is 4.53. The Morgan fingerprint density at radius 3 is 3.00 bits per heavy atom. The molecule has 3 aromatic heterocycles. The van der Waals surface area contributed by atoms with Crippen molar-refractivity contribution in [2.45, 2.75) is 18.9 Å². The predicted octanol–water partition coefficient (Wildman–Crippen LogP) is 3.27. The smallest absolute Gasteiger partial charge is 0.316 e. The molecule has 134 valence electrons. The molecule has 4 heterocycles. The average molecular weight is 390 g/mol. The molecule has 1 N–H and O–H groups in total. The highest BCUT2D eigenvalue weighted by Crippen LogP contribution is 2.24. The van der Waals surface area contributed by atoms with Crippen LogP contribution in [0.1, 0.15) is 23.3 Å². The van der Waals surface area contributed by atoms with Crippen molar-refractivity contribution in [3.8, 4) is 16.6 Å². The number of amides is 1. The Balaban J connectivity index is 1.42. The van der Waals surface area contributed by atoms with E-state index >= 15 is 0 Å². The molecule has 1 unspecified atom stereocenters. The first-order valence-electron chi connectivity index (χ1n) is 8.22. The molecule has 26 heavy (non-hydrogen) atoms. The lowest BCUT2D eigenvalue weighted by Crippen LogP contribution is -2.44. The molecule has 1 aliphatic rings. The zero-order valence-electron chi connectivity index (χ0n) is 13.8. The number of aromatic amines is 1. The molecular weight excluding hydrogens is 374 g/mol. The molecule has 0 aromatic carbocycles. The van der Waals surface area contributed by atoms with Gasteiger partial charge in [0, 0.05) is 6.54 Å². The summed E-state index contributed by atoms with van der Waals surface area (Å²) in [5, 5.41) is 9.56. The Labute approximate surface area is 159 Å². The van der Waals surface area contributed by atoms with E-state index in [4.69, 9.17) is 16.3 Å². The van der Waals surface area contributed by atoms with Crippen LogP contribution in [0.4, 0.5) is 0 Å². The summed E-state index contributed by atoms with van der Waals surface area (Å²) in [5.41, 5.74) is 1.26. The van der Waals surface area contributed by atoms with Crippen molar-refractivity contribution in [1.82, 2.24) is 25.1 Å². The first kappa shape index (κ1) is 17.0. The third-order valence-electron chi connectivity index (χ3n) is 4.12. The molecule has 9 heteroatoms. The van der Waals surface area contributed by atoms with Crippen LogP contribution in [0, 0.1) is 0 Å². The number of H-pyrrole nitrogens is 1. The molecule has 1 amide bonds. The van der Waals surface area contributed by atoms with E-state index in [1.165, 1.54) is 12.4 Å². The number of nitrogens with zero attached hydrogens (tertiary/aromatic N) is 4. The second kappa shape index (κ2) is 7.43. The molecule has 1 aliphatic heterocycles. The minimum absolute atomic E-state index is 0.102. The Morgan fingerprint density at radius 1 is 1.38 bits per heavy atom. The molecule has 0 spiro atoms. The van der Waals surface area contributed by atoms with Gasteiger partial charge in [-0.3, -0.25) is 9.89 Å². The van der Waals surface area contributed by atoms with Crippen LogP contribution in [0.2, 0.25) is 5.02 Å². The fourth-order valence-electron chi connectivity index (χ4n) is 2.88. The highest BCUT2D eigenvalue weighted by Gasteiger charge is 2.27. The number of aromatic nitrogens is 4. The highest BCUT2D eigenvalue weighted by molar-refractivity contribution is 7.13. The van der Waals surface area contributed by atoms with Crippen LogP contribution in [0.15, 0.2) is 36.0 Å². The average Bonchev–Trinajstić information content (AvgIpc) is 3.35. The fraction of sp³-hybridized carbons (Fsp3) is 0.294.